The van der Waals surface area contributed by atoms with Crippen molar-refractivity contribution in [1.82, 2.24) is 0 Å². The number of hydrogen-bond donors (Lipinski definition) is 1. The van der Waals surface area contributed by atoms with Crippen LogP contribution in [0.4, 0.5) is 15.8 Å². The number of nitrogens with two attached hydrogens (primary N) is 1. The zero-order chi connectivity index (χ0) is 13.4. The number of anilines is 2. The molecule has 1 unspecified atom stereocenters. The maximum absolute atomic E-state index is 14.0. The number of fused-ring (bicyclic) bond motifs is 1. The molecule has 3 heteroatoms. The van der Waals surface area contributed by atoms with E-state index in [4.69, 9.17) is 5.73 Å². The lowest BCUT2D eigenvalue weighted by Gasteiger charge is -2.24. The van der Waals surface area contributed by atoms with Crippen LogP contribution in [-0.4, -0.2) is 6.54 Å². The highest BCUT2D eigenvalue weighted by molar-refractivity contribution is 5.72. The van der Waals surface area contributed by atoms with E-state index in [2.05, 4.69) is 17.0 Å². The van der Waals surface area contributed by atoms with Gasteiger partial charge in [-0.05, 0) is 37.1 Å². The Hall–Kier alpha value is -1.87. The SMILES string of the molecule is CC(N)c1c(F)cccc1N1CCc2ccccc21. The molecule has 19 heavy (non-hydrogen) atoms. The number of rotatable bonds is 2. The van der Waals surface area contributed by atoms with E-state index in [1.165, 1.54) is 11.6 Å². The van der Waals surface area contributed by atoms with E-state index in [1.807, 2.05) is 25.1 Å². The van der Waals surface area contributed by atoms with Crippen molar-refractivity contribution in [3.63, 3.8) is 0 Å². The van der Waals surface area contributed by atoms with Gasteiger partial charge in [0.25, 0.3) is 0 Å². The Balaban J connectivity index is 2.12. The monoisotopic (exact) mass is 256 g/mol. The molecule has 0 fully saturated rings. The Labute approximate surface area is 112 Å². The van der Waals surface area contributed by atoms with E-state index in [1.54, 1.807) is 6.07 Å². The lowest BCUT2D eigenvalue weighted by molar-refractivity contribution is 0.593. The summed E-state index contributed by atoms with van der Waals surface area (Å²) in [7, 11) is 0. The highest BCUT2D eigenvalue weighted by Gasteiger charge is 2.24. The first-order valence-corrected chi connectivity index (χ1v) is 6.58. The first kappa shape index (κ1) is 12.2. The van der Waals surface area contributed by atoms with Gasteiger partial charge in [-0.1, -0.05) is 24.3 Å². The molecule has 1 heterocycles. The van der Waals surface area contributed by atoms with Gasteiger partial charge in [0.05, 0.1) is 0 Å². The molecule has 2 nitrogen and oxygen atoms in total. The van der Waals surface area contributed by atoms with Gasteiger partial charge in [0.15, 0.2) is 0 Å². The molecular weight excluding hydrogens is 239 g/mol. The normalized spacial score (nSPS) is 15.4. The molecule has 0 saturated carbocycles. The van der Waals surface area contributed by atoms with Gasteiger partial charge in [0.2, 0.25) is 0 Å². The molecule has 1 aliphatic rings. The Kier molecular flexibility index (Phi) is 2.99. The molecular formula is C16H17FN2. The zero-order valence-corrected chi connectivity index (χ0v) is 10.9. The smallest absolute Gasteiger partial charge is 0.130 e. The molecule has 0 radical (unpaired) electrons. The van der Waals surface area contributed by atoms with Crippen LogP contribution in [0.1, 0.15) is 24.1 Å². The maximum Gasteiger partial charge on any atom is 0.130 e. The van der Waals surface area contributed by atoms with E-state index < -0.39 is 0 Å². The van der Waals surface area contributed by atoms with E-state index >= 15 is 0 Å². The number of para-hydroxylation sites is 1. The van der Waals surface area contributed by atoms with Crippen LogP contribution in [0.5, 0.6) is 0 Å². The minimum absolute atomic E-state index is 0.225. The Morgan fingerprint density at radius 2 is 1.84 bits per heavy atom. The summed E-state index contributed by atoms with van der Waals surface area (Å²) in [5.41, 5.74) is 9.89. The molecule has 2 aromatic rings. The van der Waals surface area contributed by atoms with Crippen LogP contribution < -0.4 is 10.6 Å². The fourth-order valence-corrected chi connectivity index (χ4v) is 2.80. The van der Waals surface area contributed by atoms with E-state index in [0.29, 0.717) is 5.56 Å². The number of benzene rings is 2. The first-order valence-electron chi connectivity index (χ1n) is 6.58. The average Bonchev–Trinajstić information content (AvgIpc) is 2.81. The number of hydrogen-bond acceptors (Lipinski definition) is 2. The van der Waals surface area contributed by atoms with Crippen molar-refractivity contribution in [2.75, 3.05) is 11.4 Å². The summed E-state index contributed by atoms with van der Waals surface area (Å²) in [4.78, 5) is 2.16. The second kappa shape index (κ2) is 4.67. The summed E-state index contributed by atoms with van der Waals surface area (Å²) in [6, 6.07) is 13.1. The third kappa shape index (κ3) is 2.00. The highest BCUT2D eigenvalue weighted by Crippen LogP contribution is 2.38. The number of nitrogens with zero attached hydrogens (tertiary/aromatic N) is 1. The van der Waals surface area contributed by atoms with Crippen LogP contribution in [-0.2, 0) is 6.42 Å². The van der Waals surface area contributed by atoms with Crippen molar-refractivity contribution in [2.45, 2.75) is 19.4 Å². The summed E-state index contributed by atoms with van der Waals surface area (Å²) in [5, 5.41) is 0. The first-order chi connectivity index (χ1) is 9.18. The molecule has 0 bridgehead atoms. The van der Waals surface area contributed by atoms with Gasteiger partial charge in [-0.2, -0.15) is 0 Å². The molecule has 1 aliphatic heterocycles. The lowest BCUT2D eigenvalue weighted by atomic mass is 10.0. The molecule has 0 aliphatic carbocycles. The largest absolute Gasteiger partial charge is 0.341 e. The molecule has 98 valence electrons. The van der Waals surface area contributed by atoms with Crippen molar-refractivity contribution < 1.29 is 4.39 Å². The highest BCUT2D eigenvalue weighted by atomic mass is 19.1. The molecule has 0 amide bonds. The third-order valence-corrected chi connectivity index (χ3v) is 3.66. The minimum Gasteiger partial charge on any atom is -0.341 e. The van der Waals surface area contributed by atoms with Crippen LogP contribution in [0.3, 0.4) is 0 Å². The van der Waals surface area contributed by atoms with Crippen LogP contribution in [0, 0.1) is 5.82 Å². The van der Waals surface area contributed by atoms with Crippen molar-refractivity contribution in [1.29, 1.82) is 0 Å². The topological polar surface area (TPSA) is 29.3 Å². The van der Waals surface area contributed by atoms with Crippen LogP contribution >= 0.6 is 0 Å². The van der Waals surface area contributed by atoms with Crippen LogP contribution in [0.15, 0.2) is 42.5 Å². The predicted octanol–water partition coefficient (Wildman–Crippen LogP) is 3.54. The summed E-state index contributed by atoms with van der Waals surface area (Å²) in [6.45, 7) is 2.70. The summed E-state index contributed by atoms with van der Waals surface area (Å²) in [5.74, 6) is -0.225. The van der Waals surface area contributed by atoms with Gasteiger partial charge in [0, 0.05) is 29.5 Å². The summed E-state index contributed by atoms with van der Waals surface area (Å²) >= 11 is 0. The predicted molar refractivity (Wildman–Crippen MR) is 76.2 cm³/mol. The second-order valence-electron chi connectivity index (χ2n) is 4.99. The molecule has 0 saturated heterocycles. The molecule has 2 aromatic carbocycles. The van der Waals surface area contributed by atoms with Crippen molar-refractivity contribution in [3.05, 3.63) is 59.4 Å². The molecule has 0 spiro atoms. The standard InChI is InChI=1S/C16H17FN2/c1-11(18)16-13(17)6-4-8-15(16)19-10-9-12-5-2-3-7-14(12)19/h2-8,11H,9-10,18H2,1H3. The van der Waals surface area contributed by atoms with Crippen LogP contribution in [0.25, 0.3) is 0 Å². The quantitative estimate of drug-likeness (QED) is 0.890. The van der Waals surface area contributed by atoms with Crippen molar-refractivity contribution in [2.24, 2.45) is 5.73 Å². The van der Waals surface area contributed by atoms with E-state index in [9.17, 15) is 4.39 Å². The van der Waals surface area contributed by atoms with Gasteiger partial charge in [0.1, 0.15) is 5.82 Å². The number of halogens is 1. The Bertz CT molecular complexity index is 607. The van der Waals surface area contributed by atoms with Crippen molar-refractivity contribution in [3.8, 4) is 0 Å². The Morgan fingerprint density at radius 3 is 2.63 bits per heavy atom. The van der Waals surface area contributed by atoms with Gasteiger partial charge in [-0.3, -0.25) is 0 Å². The Morgan fingerprint density at radius 1 is 1.11 bits per heavy atom. The van der Waals surface area contributed by atoms with Gasteiger partial charge in [-0.25, -0.2) is 4.39 Å². The molecule has 2 N–H and O–H groups in total. The minimum atomic E-state index is -0.316. The van der Waals surface area contributed by atoms with Gasteiger partial charge in [-0.15, -0.1) is 0 Å². The van der Waals surface area contributed by atoms with Gasteiger partial charge >= 0.3 is 0 Å². The summed E-state index contributed by atoms with van der Waals surface area (Å²) in [6.07, 6.45) is 0.991. The fraction of sp³-hybridized carbons (Fsp3) is 0.250. The zero-order valence-electron chi connectivity index (χ0n) is 10.9. The third-order valence-electron chi connectivity index (χ3n) is 3.66. The lowest BCUT2D eigenvalue weighted by Crippen LogP contribution is -2.19. The van der Waals surface area contributed by atoms with Crippen LogP contribution in [0.2, 0.25) is 0 Å². The van der Waals surface area contributed by atoms with E-state index in [-0.39, 0.29) is 11.9 Å². The van der Waals surface area contributed by atoms with Crippen molar-refractivity contribution >= 4 is 11.4 Å². The molecule has 1 atom stereocenters. The summed E-state index contributed by atoms with van der Waals surface area (Å²) < 4.78 is 14.0. The second-order valence-corrected chi connectivity index (χ2v) is 4.99. The fourth-order valence-electron chi connectivity index (χ4n) is 2.80. The molecule has 3 rings (SSSR count). The van der Waals surface area contributed by atoms with Gasteiger partial charge < -0.3 is 10.6 Å². The van der Waals surface area contributed by atoms with E-state index in [0.717, 1.165) is 24.3 Å². The average molecular weight is 256 g/mol. The molecule has 0 aromatic heterocycles. The maximum atomic E-state index is 14.0.